The fourth-order valence-corrected chi connectivity index (χ4v) is 5.21. The number of carbonyl (C=O) groups is 1. The van der Waals surface area contributed by atoms with Gasteiger partial charge in [-0.25, -0.2) is 4.98 Å². The van der Waals surface area contributed by atoms with Gasteiger partial charge in [-0.05, 0) is 48.0 Å². The zero-order chi connectivity index (χ0) is 24.0. The monoisotopic (exact) mass is 519 g/mol. The number of benzene rings is 1. The molecular formula is C24H18ClN7OS2. The van der Waals surface area contributed by atoms with E-state index < -0.39 is 0 Å². The maximum atomic E-state index is 12.5. The van der Waals surface area contributed by atoms with E-state index in [1.165, 1.54) is 23.1 Å². The number of thiazole rings is 1. The van der Waals surface area contributed by atoms with Gasteiger partial charge in [0.05, 0.1) is 11.4 Å². The lowest BCUT2D eigenvalue weighted by molar-refractivity contribution is 0.0946. The summed E-state index contributed by atoms with van der Waals surface area (Å²) in [5, 5.41) is 15.6. The number of nitrogens with zero attached hydrogens (tertiary/aromatic N) is 6. The largest absolute Gasteiger partial charge is 0.347 e. The molecule has 0 unspecified atom stereocenters. The number of nitrogens with one attached hydrogen (secondary N) is 1. The van der Waals surface area contributed by atoms with E-state index in [-0.39, 0.29) is 5.91 Å². The zero-order valence-electron chi connectivity index (χ0n) is 18.2. The van der Waals surface area contributed by atoms with E-state index in [0.717, 1.165) is 21.8 Å². The third-order valence-corrected chi connectivity index (χ3v) is 7.16. The van der Waals surface area contributed by atoms with Gasteiger partial charge in [-0.1, -0.05) is 29.4 Å². The number of hydrogen-bond donors (Lipinski definition) is 1. The highest BCUT2D eigenvalue weighted by Crippen LogP contribution is 2.31. The maximum absolute atomic E-state index is 12.5. The van der Waals surface area contributed by atoms with Crippen LogP contribution in [0.5, 0.6) is 0 Å². The Morgan fingerprint density at radius 3 is 2.57 bits per heavy atom. The van der Waals surface area contributed by atoms with Crippen LogP contribution < -0.4 is 5.32 Å². The molecule has 0 aliphatic rings. The molecule has 0 spiro atoms. The molecule has 8 nitrogen and oxygen atoms in total. The minimum absolute atomic E-state index is 0.212. The van der Waals surface area contributed by atoms with E-state index in [1.54, 1.807) is 30.2 Å². The van der Waals surface area contributed by atoms with Crippen LogP contribution in [-0.2, 0) is 12.3 Å². The summed E-state index contributed by atoms with van der Waals surface area (Å²) in [6, 6.07) is 15.0. The second kappa shape index (κ2) is 10.8. The molecule has 1 N–H and O–H groups in total. The molecule has 0 saturated heterocycles. The molecule has 0 fully saturated rings. The van der Waals surface area contributed by atoms with E-state index >= 15 is 0 Å². The molecule has 11 heteroatoms. The Hall–Kier alpha value is -3.60. The van der Waals surface area contributed by atoms with Gasteiger partial charge in [-0.3, -0.25) is 19.3 Å². The Balaban J connectivity index is 1.33. The summed E-state index contributed by atoms with van der Waals surface area (Å²) in [4.78, 5) is 25.1. The Kier molecular flexibility index (Phi) is 7.12. The summed E-state index contributed by atoms with van der Waals surface area (Å²) in [6.07, 6.45) is 6.83. The van der Waals surface area contributed by atoms with Crippen LogP contribution in [-0.4, -0.2) is 35.6 Å². The molecule has 5 rings (SSSR count). The average molecular weight is 520 g/mol. The first-order valence-corrected chi connectivity index (χ1v) is 12.8. The minimum atomic E-state index is -0.212. The van der Waals surface area contributed by atoms with Crippen molar-refractivity contribution in [3.05, 3.63) is 100.0 Å². The lowest BCUT2D eigenvalue weighted by atomic mass is 10.2. The van der Waals surface area contributed by atoms with Gasteiger partial charge >= 0.3 is 0 Å². The van der Waals surface area contributed by atoms with Crippen molar-refractivity contribution in [2.45, 2.75) is 17.5 Å². The van der Waals surface area contributed by atoms with Gasteiger partial charge < -0.3 is 5.32 Å². The van der Waals surface area contributed by atoms with Crippen LogP contribution in [0.15, 0.2) is 83.9 Å². The molecule has 0 aliphatic heterocycles. The number of carbonyl (C=O) groups excluding carboxylic acids is 1. The average Bonchev–Trinajstić information content (AvgIpc) is 3.55. The van der Waals surface area contributed by atoms with Crippen molar-refractivity contribution in [3.63, 3.8) is 0 Å². The highest BCUT2D eigenvalue weighted by molar-refractivity contribution is 7.98. The van der Waals surface area contributed by atoms with Crippen molar-refractivity contribution < 1.29 is 4.79 Å². The van der Waals surface area contributed by atoms with Crippen molar-refractivity contribution >= 4 is 40.6 Å². The molecule has 0 aliphatic carbocycles. The van der Waals surface area contributed by atoms with Crippen LogP contribution in [0, 0.1) is 0 Å². The topological polar surface area (TPSA) is 98.5 Å². The number of amides is 1. The molecule has 1 amide bonds. The normalized spacial score (nSPS) is 10.9. The lowest BCUT2D eigenvalue weighted by Gasteiger charge is -2.10. The highest BCUT2D eigenvalue weighted by atomic mass is 35.5. The van der Waals surface area contributed by atoms with Crippen LogP contribution in [0.1, 0.15) is 21.1 Å². The standard InChI is InChI=1S/C24H18ClN7OS2/c25-18-2-1-3-19(12-18)32-22(17-6-10-27-11-7-17)30-31-24(32)35-15-21-29-20(14-34-21)23(33)28-13-16-4-8-26-9-5-16/h1-12,14H,13,15H2,(H,28,33). The number of thioether (sulfide) groups is 1. The van der Waals surface area contributed by atoms with Gasteiger partial charge in [0.1, 0.15) is 10.7 Å². The van der Waals surface area contributed by atoms with E-state index in [4.69, 9.17) is 11.6 Å². The lowest BCUT2D eigenvalue weighted by Crippen LogP contribution is -2.23. The highest BCUT2D eigenvalue weighted by Gasteiger charge is 2.18. The van der Waals surface area contributed by atoms with Gasteiger partial charge in [0, 0.05) is 47.3 Å². The van der Waals surface area contributed by atoms with Crippen LogP contribution in [0.25, 0.3) is 17.1 Å². The molecule has 0 saturated carbocycles. The quantitative estimate of drug-likeness (QED) is 0.286. The molecule has 1 aromatic carbocycles. The molecule has 35 heavy (non-hydrogen) atoms. The number of rotatable bonds is 8. The van der Waals surface area contributed by atoms with Gasteiger partial charge in [0.2, 0.25) is 0 Å². The molecule has 0 radical (unpaired) electrons. The molecule has 0 atom stereocenters. The van der Waals surface area contributed by atoms with Crippen molar-refractivity contribution in [2.24, 2.45) is 0 Å². The summed E-state index contributed by atoms with van der Waals surface area (Å²) in [7, 11) is 0. The SMILES string of the molecule is O=C(NCc1ccncc1)c1csc(CSc2nnc(-c3ccncc3)n2-c2cccc(Cl)c2)n1. The molecule has 174 valence electrons. The van der Waals surface area contributed by atoms with E-state index in [1.807, 2.05) is 53.1 Å². The smallest absolute Gasteiger partial charge is 0.271 e. The first-order chi connectivity index (χ1) is 17.2. The molecular weight excluding hydrogens is 502 g/mol. The van der Waals surface area contributed by atoms with Crippen LogP contribution >= 0.6 is 34.7 Å². The van der Waals surface area contributed by atoms with E-state index in [0.29, 0.717) is 34.0 Å². The Morgan fingerprint density at radius 2 is 1.80 bits per heavy atom. The van der Waals surface area contributed by atoms with Gasteiger partial charge in [0.15, 0.2) is 11.0 Å². The zero-order valence-corrected chi connectivity index (χ0v) is 20.6. The molecule has 4 heterocycles. The maximum Gasteiger partial charge on any atom is 0.271 e. The van der Waals surface area contributed by atoms with Gasteiger partial charge in [0.25, 0.3) is 5.91 Å². The Morgan fingerprint density at radius 1 is 1.03 bits per heavy atom. The van der Waals surface area contributed by atoms with Gasteiger partial charge in [-0.2, -0.15) is 0 Å². The fourth-order valence-electron chi connectivity index (χ4n) is 3.28. The summed E-state index contributed by atoms with van der Waals surface area (Å²) in [5.41, 5.74) is 3.12. The van der Waals surface area contributed by atoms with Gasteiger partial charge in [-0.15, -0.1) is 21.5 Å². The van der Waals surface area contributed by atoms with Crippen LogP contribution in [0.2, 0.25) is 5.02 Å². The van der Waals surface area contributed by atoms with E-state index in [2.05, 4.69) is 30.5 Å². The van der Waals surface area contributed by atoms with Crippen LogP contribution in [0.4, 0.5) is 0 Å². The minimum Gasteiger partial charge on any atom is -0.347 e. The van der Waals surface area contributed by atoms with Crippen LogP contribution in [0.3, 0.4) is 0 Å². The van der Waals surface area contributed by atoms with Crippen molar-refractivity contribution in [2.75, 3.05) is 0 Å². The second-order valence-corrected chi connectivity index (χ2v) is 9.63. The Labute approximate surface area is 214 Å². The predicted molar refractivity (Wildman–Crippen MR) is 137 cm³/mol. The van der Waals surface area contributed by atoms with Crippen molar-refractivity contribution in [1.29, 1.82) is 0 Å². The molecule has 5 aromatic rings. The summed E-state index contributed by atoms with van der Waals surface area (Å²) < 4.78 is 1.96. The first-order valence-electron chi connectivity index (χ1n) is 10.5. The first kappa shape index (κ1) is 23.2. The number of halogens is 1. The molecule has 0 bridgehead atoms. The van der Waals surface area contributed by atoms with E-state index in [9.17, 15) is 4.79 Å². The number of hydrogen-bond acceptors (Lipinski definition) is 8. The van der Waals surface area contributed by atoms with Crippen molar-refractivity contribution in [3.8, 4) is 17.1 Å². The Bertz CT molecular complexity index is 1440. The fraction of sp³-hybridized carbons (Fsp3) is 0.0833. The van der Waals surface area contributed by atoms with Crippen molar-refractivity contribution in [1.82, 2.24) is 35.0 Å². The number of pyridine rings is 2. The summed E-state index contributed by atoms with van der Waals surface area (Å²) in [5.74, 6) is 1.01. The third-order valence-electron chi connectivity index (χ3n) is 4.95. The second-order valence-electron chi connectivity index (χ2n) is 7.31. The molecule has 4 aromatic heterocycles. The summed E-state index contributed by atoms with van der Waals surface area (Å²) in [6.45, 7) is 0.420. The summed E-state index contributed by atoms with van der Waals surface area (Å²) >= 11 is 9.19. The predicted octanol–water partition coefficient (Wildman–Crippen LogP) is 5.06. The number of aromatic nitrogens is 6. The third kappa shape index (κ3) is 5.56.